The molecule has 0 aromatic heterocycles. The molecule has 0 radical (unpaired) electrons. The summed E-state index contributed by atoms with van der Waals surface area (Å²) in [6.07, 6.45) is 0.875. The van der Waals surface area contributed by atoms with E-state index < -0.39 is 20.2 Å². The molecule has 2 N–H and O–H groups in total. The van der Waals surface area contributed by atoms with Gasteiger partial charge in [-0.05, 0) is 14.1 Å². The van der Waals surface area contributed by atoms with E-state index in [-0.39, 0.29) is 0 Å². The lowest BCUT2D eigenvalue weighted by atomic mass is 10.7. The molecule has 0 saturated heterocycles. The zero-order chi connectivity index (χ0) is 10.1. The second kappa shape index (κ2) is 8.94. The lowest BCUT2D eigenvalue weighted by Crippen LogP contribution is -2.13. The van der Waals surface area contributed by atoms with Gasteiger partial charge in [-0.25, -0.2) is 8.42 Å². The highest BCUT2D eigenvalue weighted by Gasteiger charge is 1.95. The Labute approximate surface area is 74.9 Å². The van der Waals surface area contributed by atoms with Gasteiger partial charge in [-0.1, -0.05) is 0 Å². The van der Waals surface area contributed by atoms with Crippen molar-refractivity contribution in [3.63, 3.8) is 0 Å². The number of likely N-dealkylation sites (N-methyl/N-ethyl adjacent to an activating group) is 1. The molecule has 0 fully saturated rings. The van der Waals surface area contributed by atoms with Crippen molar-refractivity contribution in [3.05, 3.63) is 0 Å². The lowest BCUT2D eigenvalue weighted by Gasteiger charge is -1.99. The lowest BCUT2D eigenvalue weighted by molar-refractivity contribution is -0.108. The van der Waals surface area contributed by atoms with Gasteiger partial charge >= 0.3 is 0 Å². The standard InChI is InChI=1S/C4H9NO.H2O4S2/c1-5(2)3-4-6;1-5(2)6(3)4/h4H,3H2,1-2H3;(H,1,2)(H,3,4). The number of hydrogen-bond donors (Lipinski definition) is 2. The summed E-state index contributed by atoms with van der Waals surface area (Å²) in [6.45, 7) is 0.528. The van der Waals surface area contributed by atoms with E-state index in [1.165, 1.54) is 0 Å². The van der Waals surface area contributed by atoms with E-state index >= 15 is 0 Å². The van der Waals surface area contributed by atoms with E-state index in [4.69, 9.17) is 9.11 Å². The predicted octanol–water partition coefficient (Wildman–Crippen LogP) is -0.908. The predicted molar refractivity (Wildman–Crippen MR) is 46.2 cm³/mol. The maximum Gasteiger partial charge on any atom is 0.274 e. The summed E-state index contributed by atoms with van der Waals surface area (Å²) in [5, 5.41) is 0. The third-order valence-electron chi connectivity index (χ3n) is 0.562. The SMILES string of the molecule is CN(C)CC=O.O=S(O)S(=O)O. The van der Waals surface area contributed by atoms with Gasteiger partial charge in [-0.2, -0.15) is 0 Å². The average molecular weight is 217 g/mol. The highest BCUT2D eigenvalue weighted by molar-refractivity contribution is 8.56. The van der Waals surface area contributed by atoms with Gasteiger partial charge in [-0.3, -0.25) is 9.11 Å². The minimum absolute atomic E-state index is 0.528. The number of hydrogen-bond acceptors (Lipinski definition) is 4. The van der Waals surface area contributed by atoms with Gasteiger partial charge < -0.3 is 9.69 Å². The summed E-state index contributed by atoms with van der Waals surface area (Å²) < 4.78 is 33.6. The molecule has 0 aliphatic carbocycles. The first-order valence-corrected chi connectivity index (χ1v) is 5.45. The molecule has 6 nitrogen and oxygen atoms in total. The van der Waals surface area contributed by atoms with Crippen molar-refractivity contribution in [1.82, 2.24) is 4.90 Å². The van der Waals surface area contributed by atoms with Gasteiger partial charge in [0.05, 0.1) is 6.54 Å². The van der Waals surface area contributed by atoms with Crippen LogP contribution < -0.4 is 0 Å². The summed E-state index contributed by atoms with van der Waals surface area (Å²) in [5.74, 6) is 0. The molecule has 0 aliphatic rings. The molecule has 0 heterocycles. The quantitative estimate of drug-likeness (QED) is 0.361. The summed E-state index contributed by atoms with van der Waals surface area (Å²) in [6, 6.07) is 0. The highest BCUT2D eigenvalue weighted by Crippen LogP contribution is 1.74. The van der Waals surface area contributed by atoms with Crippen molar-refractivity contribution in [2.75, 3.05) is 20.6 Å². The van der Waals surface area contributed by atoms with E-state index in [2.05, 4.69) is 0 Å². The second-order valence-electron chi connectivity index (χ2n) is 1.86. The Morgan fingerprint density at radius 3 is 1.58 bits per heavy atom. The Morgan fingerprint density at radius 2 is 1.58 bits per heavy atom. The molecule has 2 unspecified atom stereocenters. The molecule has 0 aromatic carbocycles. The van der Waals surface area contributed by atoms with Crippen LogP contribution in [0.5, 0.6) is 0 Å². The molecule has 12 heavy (non-hydrogen) atoms. The van der Waals surface area contributed by atoms with E-state index in [0.29, 0.717) is 6.54 Å². The van der Waals surface area contributed by atoms with E-state index in [1.807, 2.05) is 19.0 Å². The third-order valence-corrected chi connectivity index (χ3v) is 1.54. The van der Waals surface area contributed by atoms with Crippen LogP contribution in [-0.2, 0) is 25.0 Å². The van der Waals surface area contributed by atoms with Gasteiger partial charge in [0.15, 0.2) is 0 Å². The molecule has 0 spiro atoms. The Hall–Kier alpha value is -0.150. The summed E-state index contributed by atoms with van der Waals surface area (Å²) in [5.41, 5.74) is 0. The molecule has 0 rings (SSSR count). The molecule has 2 atom stereocenters. The van der Waals surface area contributed by atoms with Crippen molar-refractivity contribution >= 4 is 26.5 Å². The Balaban J connectivity index is 0. The zero-order valence-corrected chi connectivity index (χ0v) is 8.30. The molecule has 0 amide bonds. The first kappa shape index (κ1) is 14.4. The average Bonchev–Trinajstić information content (AvgIpc) is 1.87. The van der Waals surface area contributed by atoms with Gasteiger partial charge in [0.2, 0.25) is 0 Å². The largest absolute Gasteiger partial charge is 0.303 e. The van der Waals surface area contributed by atoms with Gasteiger partial charge in [0.25, 0.3) is 20.2 Å². The summed E-state index contributed by atoms with van der Waals surface area (Å²) in [7, 11) is -1.47. The first-order valence-electron chi connectivity index (χ1n) is 2.72. The molecule has 0 aromatic rings. The van der Waals surface area contributed by atoms with Crippen LogP contribution in [0.25, 0.3) is 0 Å². The Kier molecular flexibility index (Phi) is 10.7. The highest BCUT2D eigenvalue weighted by atomic mass is 33.2. The third kappa shape index (κ3) is 16.4. The van der Waals surface area contributed by atoms with Crippen LogP contribution >= 0.6 is 0 Å². The molecule has 0 aliphatic heterocycles. The van der Waals surface area contributed by atoms with Crippen molar-refractivity contribution in [2.45, 2.75) is 0 Å². The Morgan fingerprint density at radius 1 is 1.25 bits per heavy atom. The van der Waals surface area contributed by atoms with E-state index in [1.54, 1.807) is 0 Å². The summed E-state index contributed by atoms with van der Waals surface area (Å²) in [4.78, 5) is 11.4. The number of carbonyl (C=O) groups is 1. The monoisotopic (exact) mass is 217 g/mol. The fourth-order valence-electron chi connectivity index (χ4n) is 0.149. The van der Waals surface area contributed by atoms with Crippen LogP contribution in [-0.4, -0.2) is 49.3 Å². The van der Waals surface area contributed by atoms with E-state index in [9.17, 15) is 13.2 Å². The Bertz CT molecular complexity index is 159. The van der Waals surface area contributed by atoms with Crippen molar-refractivity contribution in [1.29, 1.82) is 0 Å². The van der Waals surface area contributed by atoms with Crippen molar-refractivity contribution in [2.24, 2.45) is 0 Å². The second-order valence-corrected chi connectivity index (χ2v) is 4.44. The van der Waals surface area contributed by atoms with Crippen molar-refractivity contribution in [3.8, 4) is 0 Å². The molecule has 8 heteroatoms. The van der Waals surface area contributed by atoms with Crippen LogP contribution in [0.2, 0.25) is 0 Å². The maximum absolute atomic E-state index is 9.57. The first-order chi connectivity index (χ1) is 5.41. The van der Waals surface area contributed by atoms with Crippen LogP contribution in [0.15, 0.2) is 0 Å². The van der Waals surface area contributed by atoms with Gasteiger partial charge in [0, 0.05) is 0 Å². The number of nitrogens with zero attached hydrogens (tertiary/aromatic N) is 1. The number of carbonyl (C=O) groups excluding carboxylic acids is 1. The molecular weight excluding hydrogens is 206 g/mol. The van der Waals surface area contributed by atoms with Crippen LogP contribution in [0, 0.1) is 0 Å². The zero-order valence-electron chi connectivity index (χ0n) is 6.67. The van der Waals surface area contributed by atoms with E-state index in [0.717, 1.165) is 6.29 Å². The molecule has 0 saturated carbocycles. The normalized spacial score (nSPS) is 14.4. The molecular formula is C4H11NO5S2. The van der Waals surface area contributed by atoms with Gasteiger partial charge in [-0.15, -0.1) is 0 Å². The minimum Gasteiger partial charge on any atom is -0.303 e. The topological polar surface area (TPSA) is 94.9 Å². The minimum atomic E-state index is -2.59. The van der Waals surface area contributed by atoms with Crippen LogP contribution in [0.4, 0.5) is 0 Å². The smallest absolute Gasteiger partial charge is 0.274 e. The molecule has 0 bridgehead atoms. The fourth-order valence-corrected chi connectivity index (χ4v) is 0.149. The molecule has 74 valence electrons. The fraction of sp³-hybridized carbons (Fsp3) is 0.750. The number of rotatable bonds is 3. The number of aldehydes is 1. The van der Waals surface area contributed by atoms with Crippen molar-refractivity contribution < 1.29 is 22.3 Å². The maximum atomic E-state index is 9.57. The van der Waals surface area contributed by atoms with Crippen LogP contribution in [0.3, 0.4) is 0 Å². The van der Waals surface area contributed by atoms with Gasteiger partial charge in [0.1, 0.15) is 6.29 Å². The van der Waals surface area contributed by atoms with Crippen LogP contribution in [0.1, 0.15) is 0 Å². The summed E-state index contributed by atoms with van der Waals surface area (Å²) >= 11 is 0.